The van der Waals surface area contributed by atoms with Crippen LogP contribution in [0.15, 0.2) is 16.6 Å². The van der Waals surface area contributed by atoms with E-state index in [1.165, 1.54) is 0 Å². The van der Waals surface area contributed by atoms with Gasteiger partial charge in [-0.15, -0.1) is 6.42 Å². The van der Waals surface area contributed by atoms with Gasteiger partial charge < -0.3 is 9.47 Å². The first-order valence-corrected chi connectivity index (χ1v) is 5.86. The van der Waals surface area contributed by atoms with Crippen LogP contribution in [0.3, 0.4) is 0 Å². The van der Waals surface area contributed by atoms with E-state index in [9.17, 15) is 0 Å². The number of hydrogen-bond acceptors (Lipinski definition) is 2. The Morgan fingerprint density at radius 3 is 2.44 bits per heavy atom. The summed E-state index contributed by atoms with van der Waals surface area (Å²) in [5.74, 6) is 4.43. The van der Waals surface area contributed by atoms with Crippen LogP contribution in [0.2, 0.25) is 0 Å². The monoisotopic (exact) mass is 280 g/mol. The van der Waals surface area contributed by atoms with Crippen LogP contribution in [0.1, 0.15) is 18.4 Å². The Balaban J connectivity index is 2.57. The van der Waals surface area contributed by atoms with Gasteiger partial charge in [-0.2, -0.15) is 0 Å². The molecule has 16 heavy (non-hydrogen) atoms. The highest BCUT2D eigenvalue weighted by molar-refractivity contribution is 9.10. The van der Waals surface area contributed by atoms with Crippen molar-refractivity contribution in [2.45, 2.75) is 18.3 Å². The molecular weight excluding hydrogens is 268 g/mol. The highest BCUT2D eigenvalue weighted by atomic mass is 79.9. The number of halogens is 1. The first-order chi connectivity index (χ1) is 7.66. The first-order valence-electron chi connectivity index (χ1n) is 5.06. The smallest absolute Gasteiger partial charge is 0.128 e. The molecule has 2 rings (SSSR count). The zero-order chi connectivity index (χ0) is 11.8. The maximum Gasteiger partial charge on any atom is 0.128 e. The normalized spacial score (nSPS) is 16.4. The Morgan fingerprint density at radius 1 is 1.31 bits per heavy atom. The third-order valence-corrected chi connectivity index (χ3v) is 3.61. The van der Waals surface area contributed by atoms with E-state index in [2.05, 4.69) is 21.9 Å². The molecule has 1 saturated carbocycles. The van der Waals surface area contributed by atoms with Crippen LogP contribution in [0, 0.1) is 12.3 Å². The predicted octanol–water partition coefficient (Wildman–Crippen LogP) is 3.13. The van der Waals surface area contributed by atoms with E-state index in [4.69, 9.17) is 15.9 Å². The van der Waals surface area contributed by atoms with Gasteiger partial charge in [0.15, 0.2) is 0 Å². The number of rotatable bonds is 3. The van der Waals surface area contributed by atoms with E-state index >= 15 is 0 Å². The molecule has 0 N–H and O–H groups in total. The van der Waals surface area contributed by atoms with Crippen molar-refractivity contribution in [3.8, 4) is 23.8 Å². The molecule has 84 valence electrons. The Bertz CT molecular complexity index is 456. The van der Waals surface area contributed by atoms with Gasteiger partial charge in [0.2, 0.25) is 0 Å². The van der Waals surface area contributed by atoms with Crippen molar-refractivity contribution in [3.63, 3.8) is 0 Å². The highest BCUT2D eigenvalue weighted by Crippen LogP contribution is 2.54. The van der Waals surface area contributed by atoms with E-state index < -0.39 is 0 Å². The molecule has 0 radical (unpaired) electrons. The van der Waals surface area contributed by atoms with Crippen LogP contribution < -0.4 is 9.47 Å². The van der Waals surface area contributed by atoms with Crippen molar-refractivity contribution in [3.05, 3.63) is 22.2 Å². The van der Waals surface area contributed by atoms with Gasteiger partial charge in [0.1, 0.15) is 11.5 Å². The summed E-state index contributed by atoms with van der Waals surface area (Å²) >= 11 is 3.54. The molecular formula is C13H13BrO2. The lowest BCUT2D eigenvalue weighted by Crippen LogP contribution is -2.07. The molecule has 1 fully saturated rings. The molecule has 0 aliphatic heterocycles. The van der Waals surface area contributed by atoms with E-state index in [0.717, 1.165) is 34.4 Å². The third-order valence-electron chi connectivity index (χ3n) is 2.99. The maximum absolute atomic E-state index is 5.61. The van der Waals surface area contributed by atoms with Gasteiger partial charge in [0.25, 0.3) is 0 Å². The quantitative estimate of drug-likeness (QED) is 0.792. The number of hydrogen-bond donors (Lipinski definition) is 0. The van der Waals surface area contributed by atoms with Crippen molar-refractivity contribution in [1.29, 1.82) is 0 Å². The third kappa shape index (κ3) is 1.68. The van der Waals surface area contributed by atoms with Crippen molar-refractivity contribution in [1.82, 2.24) is 0 Å². The first kappa shape index (κ1) is 11.3. The minimum absolute atomic E-state index is 0.142. The standard InChI is InChI=1S/C13H13BrO2/c1-4-13(5-6-13)12-10(14)7-9(15-2)8-11(12)16-3/h1,7-8H,5-6H2,2-3H3. The molecule has 0 saturated heterocycles. The largest absolute Gasteiger partial charge is 0.497 e. The summed E-state index contributed by atoms with van der Waals surface area (Å²) in [6.45, 7) is 0. The second-order valence-corrected chi connectivity index (χ2v) is 4.77. The van der Waals surface area contributed by atoms with Crippen molar-refractivity contribution >= 4 is 15.9 Å². The molecule has 1 aromatic rings. The van der Waals surface area contributed by atoms with Crippen molar-refractivity contribution < 1.29 is 9.47 Å². The lowest BCUT2D eigenvalue weighted by atomic mass is 9.96. The summed E-state index contributed by atoms with van der Waals surface area (Å²) in [6, 6.07) is 3.80. The minimum Gasteiger partial charge on any atom is -0.497 e. The lowest BCUT2D eigenvalue weighted by Gasteiger charge is -2.16. The molecule has 0 aromatic heterocycles. The molecule has 0 bridgehead atoms. The van der Waals surface area contributed by atoms with Gasteiger partial charge in [0.05, 0.1) is 19.6 Å². The van der Waals surface area contributed by atoms with E-state index in [1.807, 2.05) is 12.1 Å². The maximum atomic E-state index is 5.61. The van der Waals surface area contributed by atoms with E-state index in [1.54, 1.807) is 14.2 Å². The number of ether oxygens (including phenoxy) is 2. The summed E-state index contributed by atoms with van der Waals surface area (Å²) in [7, 11) is 3.28. The zero-order valence-corrected chi connectivity index (χ0v) is 10.9. The Kier molecular flexibility index (Phi) is 2.86. The average Bonchev–Trinajstić information content (AvgIpc) is 3.08. The predicted molar refractivity (Wildman–Crippen MR) is 67.0 cm³/mol. The van der Waals surface area contributed by atoms with Crippen LogP contribution >= 0.6 is 15.9 Å². The van der Waals surface area contributed by atoms with E-state index in [0.29, 0.717) is 0 Å². The van der Waals surface area contributed by atoms with Gasteiger partial charge in [-0.25, -0.2) is 0 Å². The highest BCUT2D eigenvalue weighted by Gasteiger charge is 2.46. The number of terminal acetylenes is 1. The summed E-state index contributed by atoms with van der Waals surface area (Å²) in [5, 5.41) is 0. The Morgan fingerprint density at radius 2 is 2.00 bits per heavy atom. The molecule has 0 spiro atoms. The summed E-state index contributed by atoms with van der Waals surface area (Å²) in [6.07, 6.45) is 7.64. The Labute approximate surface area is 104 Å². The van der Waals surface area contributed by atoms with Gasteiger partial charge >= 0.3 is 0 Å². The van der Waals surface area contributed by atoms with Crippen LogP contribution in [0.5, 0.6) is 11.5 Å². The molecule has 0 amide bonds. The van der Waals surface area contributed by atoms with Crippen LogP contribution in [0.4, 0.5) is 0 Å². The molecule has 0 unspecified atom stereocenters. The van der Waals surface area contributed by atoms with Crippen LogP contribution in [-0.4, -0.2) is 14.2 Å². The second-order valence-electron chi connectivity index (χ2n) is 3.91. The number of benzene rings is 1. The van der Waals surface area contributed by atoms with E-state index in [-0.39, 0.29) is 5.41 Å². The molecule has 0 heterocycles. The van der Waals surface area contributed by atoms with Crippen LogP contribution in [-0.2, 0) is 5.41 Å². The van der Waals surface area contributed by atoms with Gasteiger partial charge in [-0.05, 0) is 18.9 Å². The molecule has 2 nitrogen and oxygen atoms in total. The molecule has 1 aliphatic carbocycles. The Hall–Kier alpha value is -1.14. The van der Waals surface area contributed by atoms with Crippen LogP contribution in [0.25, 0.3) is 0 Å². The topological polar surface area (TPSA) is 18.5 Å². The lowest BCUT2D eigenvalue weighted by molar-refractivity contribution is 0.389. The van der Waals surface area contributed by atoms with Crippen molar-refractivity contribution in [2.75, 3.05) is 14.2 Å². The van der Waals surface area contributed by atoms with Gasteiger partial charge in [-0.1, -0.05) is 21.9 Å². The fourth-order valence-corrected chi connectivity index (χ4v) is 2.69. The molecule has 1 aromatic carbocycles. The fraction of sp³-hybridized carbons (Fsp3) is 0.385. The number of methoxy groups -OCH3 is 2. The fourth-order valence-electron chi connectivity index (χ4n) is 1.89. The molecule has 0 atom stereocenters. The summed E-state index contributed by atoms with van der Waals surface area (Å²) < 4.78 is 11.5. The minimum atomic E-state index is -0.142. The molecule has 1 aliphatic rings. The average molecular weight is 281 g/mol. The second kappa shape index (κ2) is 4.03. The SMILES string of the molecule is C#CC1(c2c(Br)cc(OC)cc2OC)CC1. The zero-order valence-electron chi connectivity index (χ0n) is 9.34. The summed E-state index contributed by atoms with van der Waals surface area (Å²) in [4.78, 5) is 0. The van der Waals surface area contributed by atoms with Crippen molar-refractivity contribution in [2.24, 2.45) is 0 Å². The van der Waals surface area contributed by atoms with Gasteiger partial charge in [0, 0.05) is 16.1 Å². The summed E-state index contributed by atoms with van der Waals surface area (Å²) in [5.41, 5.74) is 0.925. The van der Waals surface area contributed by atoms with Gasteiger partial charge in [-0.3, -0.25) is 0 Å². The molecule has 3 heteroatoms.